The number of hydrogen-bond acceptors (Lipinski definition) is 3. The van der Waals surface area contributed by atoms with E-state index in [9.17, 15) is 14.7 Å². The fourth-order valence-corrected chi connectivity index (χ4v) is 4.55. The Bertz CT molecular complexity index is 1390. The van der Waals surface area contributed by atoms with E-state index in [1.807, 2.05) is 78.9 Å². The highest BCUT2D eigenvalue weighted by Gasteiger charge is 2.46. The van der Waals surface area contributed by atoms with Gasteiger partial charge in [-0.3, -0.25) is 14.5 Å². The first-order chi connectivity index (χ1) is 15.5. The van der Waals surface area contributed by atoms with Crippen LogP contribution in [0.3, 0.4) is 0 Å². The first-order valence-corrected chi connectivity index (χ1v) is 10.9. The van der Waals surface area contributed by atoms with E-state index in [4.69, 9.17) is 0 Å². The molecule has 0 bridgehead atoms. The van der Waals surface area contributed by atoms with E-state index < -0.39 is 17.7 Å². The molecule has 1 saturated heterocycles. The minimum Gasteiger partial charge on any atom is -0.507 e. The Labute approximate surface area is 193 Å². The first kappa shape index (κ1) is 20.2. The average Bonchev–Trinajstić information content (AvgIpc) is 3.09. The number of hydrogen-bond donors (Lipinski definition) is 1. The second kappa shape index (κ2) is 8.09. The maximum absolute atomic E-state index is 13.2. The SMILES string of the molecule is O=C1C(=O)N(c2cccc(Br)c2)C(c2ccccc2)/C1=C(/O)c1ccc2ccccc2c1. The topological polar surface area (TPSA) is 57.6 Å². The molecule has 0 radical (unpaired) electrons. The molecule has 1 aliphatic heterocycles. The molecule has 4 nitrogen and oxygen atoms in total. The van der Waals surface area contributed by atoms with Crippen molar-refractivity contribution < 1.29 is 14.7 Å². The van der Waals surface area contributed by atoms with Crippen LogP contribution in [0.5, 0.6) is 0 Å². The minimum absolute atomic E-state index is 0.0801. The summed E-state index contributed by atoms with van der Waals surface area (Å²) in [7, 11) is 0. The van der Waals surface area contributed by atoms with E-state index in [0.717, 1.165) is 20.8 Å². The van der Waals surface area contributed by atoms with Crippen molar-refractivity contribution in [3.8, 4) is 0 Å². The maximum atomic E-state index is 13.2. The van der Waals surface area contributed by atoms with E-state index in [1.165, 1.54) is 4.90 Å². The Morgan fingerprint density at radius 3 is 2.25 bits per heavy atom. The number of Topliss-reactive ketones (excluding diaryl/α,β-unsaturated/α-hetero) is 1. The summed E-state index contributed by atoms with van der Waals surface area (Å²) in [6.07, 6.45) is 0. The van der Waals surface area contributed by atoms with Gasteiger partial charge in [0.1, 0.15) is 5.76 Å². The first-order valence-electron chi connectivity index (χ1n) is 10.2. The number of halogens is 1. The number of carbonyl (C=O) groups excluding carboxylic acids is 2. The van der Waals surface area contributed by atoms with Crippen LogP contribution in [0.1, 0.15) is 17.2 Å². The van der Waals surface area contributed by atoms with Crippen molar-refractivity contribution in [2.75, 3.05) is 4.90 Å². The van der Waals surface area contributed by atoms with Crippen LogP contribution in [-0.2, 0) is 9.59 Å². The molecule has 1 fully saturated rings. The van der Waals surface area contributed by atoms with Crippen molar-refractivity contribution >= 4 is 49.8 Å². The quantitative estimate of drug-likeness (QED) is 0.213. The third kappa shape index (κ3) is 3.41. The zero-order chi connectivity index (χ0) is 22.2. The highest BCUT2D eigenvalue weighted by atomic mass is 79.9. The van der Waals surface area contributed by atoms with Crippen LogP contribution in [0.2, 0.25) is 0 Å². The van der Waals surface area contributed by atoms with Gasteiger partial charge in [0.05, 0.1) is 11.6 Å². The lowest BCUT2D eigenvalue weighted by Gasteiger charge is -2.25. The van der Waals surface area contributed by atoms with E-state index in [0.29, 0.717) is 11.3 Å². The van der Waals surface area contributed by atoms with Gasteiger partial charge >= 0.3 is 0 Å². The van der Waals surface area contributed by atoms with Gasteiger partial charge in [-0.1, -0.05) is 88.7 Å². The van der Waals surface area contributed by atoms with Crippen LogP contribution in [0.4, 0.5) is 5.69 Å². The van der Waals surface area contributed by atoms with Gasteiger partial charge in [-0.2, -0.15) is 0 Å². The third-order valence-electron chi connectivity index (χ3n) is 5.67. The minimum atomic E-state index is -0.739. The van der Waals surface area contributed by atoms with E-state index in [-0.39, 0.29) is 11.3 Å². The fourth-order valence-electron chi connectivity index (χ4n) is 4.17. The number of aliphatic hydroxyl groups excluding tert-OH is 1. The fraction of sp³-hybridized carbons (Fsp3) is 0.0370. The molecule has 1 atom stereocenters. The van der Waals surface area contributed by atoms with Crippen molar-refractivity contribution in [2.45, 2.75) is 6.04 Å². The molecule has 5 heteroatoms. The molecule has 4 aromatic rings. The number of anilines is 1. The van der Waals surface area contributed by atoms with Crippen molar-refractivity contribution in [3.05, 3.63) is 118 Å². The Kier molecular flexibility index (Phi) is 5.11. The van der Waals surface area contributed by atoms with Crippen LogP contribution in [0.15, 0.2) is 107 Å². The number of carbonyl (C=O) groups is 2. The molecule has 156 valence electrons. The molecule has 5 rings (SSSR count). The molecular weight excluding hydrogens is 466 g/mol. The zero-order valence-corrected chi connectivity index (χ0v) is 18.5. The summed E-state index contributed by atoms with van der Waals surface area (Å²) in [5.41, 5.74) is 1.90. The van der Waals surface area contributed by atoms with Gasteiger partial charge in [-0.05, 0) is 40.6 Å². The molecule has 1 unspecified atom stereocenters. The lowest BCUT2D eigenvalue weighted by molar-refractivity contribution is -0.132. The molecule has 4 aromatic carbocycles. The summed E-state index contributed by atoms with van der Waals surface area (Å²) in [5, 5.41) is 13.3. The van der Waals surface area contributed by atoms with Gasteiger partial charge in [0.25, 0.3) is 11.7 Å². The molecule has 1 aliphatic rings. The van der Waals surface area contributed by atoms with Crippen LogP contribution < -0.4 is 4.90 Å². The Morgan fingerprint density at radius 2 is 1.50 bits per heavy atom. The number of nitrogens with zero attached hydrogens (tertiary/aromatic N) is 1. The van der Waals surface area contributed by atoms with E-state index in [2.05, 4.69) is 15.9 Å². The van der Waals surface area contributed by atoms with Crippen LogP contribution in [0.25, 0.3) is 16.5 Å². The van der Waals surface area contributed by atoms with Gasteiger partial charge < -0.3 is 5.11 Å². The molecular formula is C27H18BrNO3. The number of ketones is 1. The second-order valence-corrected chi connectivity index (χ2v) is 8.54. The summed E-state index contributed by atoms with van der Waals surface area (Å²) >= 11 is 3.44. The largest absolute Gasteiger partial charge is 0.507 e. The van der Waals surface area contributed by atoms with Gasteiger partial charge in [-0.15, -0.1) is 0 Å². The predicted molar refractivity (Wildman–Crippen MR) is 129 cm³/mol. The monoisotopic (exact) mass is 483 g/mol. The van der Waals surface area contributed by atoms with Crippen molar-refractivity contribution in [1.82, 2.24) is 0 Å². The van der Waals surface area contributed by atoms with Crippen molar-refractivity contribution in [2.24, 2.45) is 0 Å². The van der Waals surface area contributed by atoms with E-state index in [1.54, 1.807) is 18.2 Å². The maximum Gasteiger partial charge on any atom is 0.300 e. The molecule has 0 saturated carbocycles. The normalized spacial score (nSPS) is 17.8. The Morgan fingerprint density at radius 1 is 0.781 bits per heavy atom. The second-order valence-electron chi connectivity index (χ2n) is 7.62. The summed E-state index contributed by atoms with van der Waals surface area (Å²) in [6, 6.07) is 29.1. The lowest BCUT2D eigenvalue weighted by atomic mass is 9.94. The standard InChI is InChI=1S/C27H18BrNO3/c28-21-11-6-12-22(16-21)29-24(18-8-2-1-3-9-18)23(26(31)27(29)32)25(30)20-14-13-17-7-4-5-10-19(17)15-20/h1-16,24,30H/b25-23-. The summed E-state index contributed by atoms with van der Waals surface area (Å²) in [5.74, 6) is -1.55. The Balaban J connectivity index is 1.73. The van der Waals surface area contributed by atoms with Crippen LogP contribution >= 0.6 is 15.9 Å². The van der Waals surface area contributed by atoms with Crippen molar-refractivity contribution in [3.63, 3.8) is 0 Å². The van der Waals surface area contributed by atoms with Gasteiger partial charge in [0, 0.05) is 15.7 Å². The molecule has 0 aliphatic carbocycles. The number of rotatable bonds is 3. The summed E-state index contributed by atoms with van der Waals surface area (Å²) in [4.78, 5) is 27.8. The number of fused-ring (bicyclic) bond motifs is 1. The van der Waals surface area contributed by atoms with Gasteiger partial charge in [0.15, 0.2) is 0 Å². The molecule has 0 spiro atoms. The number of benzene rings is 4. The van der Waals surface area contributed by atoms with Crippen LogP contribution in [-0.4, -0.2) is 16.8 Å². The molecule has 1 N–H and O–H groups in total. The zero-order valence-electron chi connectivity index (χ0n) is 16.9. The highest BCUT2D eigenvalue weighted by Crippen LogP contribution is 2.42. The molecule has 1 amide bonds. The third-order valence-corrected chi connectivity index (χ3v) is 6.16. The van der Waals surface area contributed by atoms with E-state index >= 15 is 0 Å². The number of amides is 1. The highest BCUT2D eigenvalue weighted by molar-refractivity contribution is 9.10. The lowest BCUT2D eigenvalue weighted by Crippen LogP contribution is -2.29. The van der Waals surface area contributed by atoms with Crippen LogP contribution in [0, 0.1) is 0 Å². The van der Waals surface area contributed by atoms with Gasteiger partial charge in [0.2, 0.25) is 0 Å². The Hall–Kier alpha value is -3.70. The molecule has 1 heterocycles. The van der Waals surface area contributed by atoms with Gasteiger partial charge in [-0.25, -0.2) is 0 Å². The molecule has 0 aromatic heterocycles. The summed E-state index contributed by atoms with van der Waals surface area (Å²) in [6.45, 7) is 0. The van der Waals surface area contributed by atoms with Crippen molar-refractivity contribution in [1.29, 1.82) is 0 Å². The number of aliphatic hydroxyl groups is 1. The average molecular weight is 484 g/mol. The predicted octanol–water partition coefficient (Wildman–Crippen LogP) is 6.23. The smallest absolute Gasteiger partial charge is 0.300 e. The molecule has 32 heavy (non-hydrogen) atoms. The summed E-state index contributed by atoms with van der Waals surface area (Å²) < 4.78 is 0.790.